The molecular weight excluding hydrogens is 306 g/mol. The third kappa shape index (κ3) is 3.24. The second-order valence-electron chi connectivity index (χ2n) is 5.73. The van der Waals surface area contributed by atoms with Gasteiger partial charge in [-0.15, -0.1) is 11.8 Å². The third-order valence-corrected chi connectivity index (χ3v) is 4.94. The van der Waals surface area contributed by atoms with E-state index in [-0.39, 0.29) is 5.91 Å². The first-order valence-corrected chi connectivity index (χ1v) is 8.73. The Morgan fingerprint density at radius 1 is 1.22 bits per heavy atom. The predicted octanol–water partition coefficient (Wildman–Crippen LogP) is 3.52. The summed E-state index contributed by atoms with van der Waals surface area (Å²) >= 11 is 1.65. The molecule has 0 bridgehead atoms. The molecule has 116 valence electrons. The summed E-state index contributed by atoms with van der Waals surface area (Å²) in [7, 11) is 0. The van der Waals surface area contributed by atoms with Crippen LogP contribution in [0.3, 0.4) is 0 Å². The van der Waals surface area contributed by atoms with Crippen LogP contribution in [0.1, 0.15) is 28.9 Å². The Balaban J connectivity index is 1.50. The molecule has 2 aromatic heterocycles. The van der Waals surface area contributed by atoms with Gasteiger partial charge < -0.3 is 9.72 Å². The molecule has 1 fully saturated rings. The molecule has 1 saturated carbocycles. The van der Waals surface area contributed by atoms with Crippen LogP contribution in [0.15, 0.2) is 59.8 Å². The number of rotatable bonds is 5. The highest BCUT2D eigenvalue weighted by Gasteiger charge is 2.24. The number of hydrogen-bond acceptors (Lipinski definition) is 3. The van der Waals surface area contributed by atoms with E-state index >= 15 is 0 Å². The van der Waals surface area contributed by atoms with Gasteiger partial charge in [0.25, 0.3) is 5.91 Å². The lowest BCUT2D eigenvalue weighted by atomic mass is 10.2. The Hall–Kier alpha value is -2.27. The fraction of sp³-hybridized carbons (Fsp3) is 0.222. The van der Waals surface area contributed by atoms with E-state index in [0.29, 0.717) is 6.04 Å². The molecule has 1 aliphatic carbocycles. The number of pyridine rings is 1. The van der Waals surface area contributed by atoms with Crippen molar-refractivity contribution in [3.63, 3.8) is 0 Å². The van der Waals surface area contributed by atoms with Gasteiger partial charge in [-0.1, -0.05) is 18.2 Å². The minimum absolute atomic E-state index is 0.0330. The summed E-state index contributed by atoms with van der Waals surface area (Å²) in [5, 5.41) is 3.06. The summed E-state index contributed by atoms with van der Waals surface area (Å²) in [5.41, 5.74) is 2.72. The smallest absolute Gasteiger partial charge is 0.252 e. The molecule has 0 aliphatic heterocycles. The zero-order chi connectivity index (χ0) is 15.6. The van der Waals surface area contributed by atoms with Gasteiger partial charge in [0.15, 0.2) is 0 Å². The first-order chi connectivity index (χ1) is 11.3. The highest BCUT2D eigenvalue weighted by Crippen LogP contribution is 2.27. The Labute approximate surface area is 138 Å². The maximum absolute atomic E-state index is 12.3. The van der Waals surface area contributed by atoms with E-state index in [9.17, 15) is 4.79 Å². The van der Waals surface area contributed by atoms with Crippen molar-refractivity contribution >= 4 is 23.3 Å². The molecule has 5 heteroatoms. The molecule has 4 rings (SSSR count). The van der Waals surface area contributed by atoms with Crippen molar-refractivity contribution in [1.29, 1.82) is 0 Å². The average Bonchev–Trinajstić information content (AvgIpc) is 3.29. The second kappa shape index (κ2) is 6.08. The van der Waals surface area contributed by atoms with Gasteiger partial charge in [-0.25, -0.2) is 4.98 Å². The van der Waals surface area contributed by atoms with Crippen LogP contribution in [0.4, 0.5) is 0 Å². The topological polar surface area (TPSA) is 46.4 Å². The number of amides is 1. The number of thioether (sulfide) groups is 1. The molecule has 1 aromatic carbocycles. The van der Waals surface area contributed by atoms with E-state index in [1.165, 1.54) is 0 Å². The van der Waals surface area contributed by atoms with Gasteiger partial charge >= 0.3 is 0 Å². The summed E-state index contributed by atoms with van der Waals surface area (Å²) in [6.07, 6.45) is 6.23. The van der Waals surface area contributed by atoms with Crippen molar-refractivity contribution in [3.05, 3.63) is 66.1 Å². The van der Waals surface area contributed by atoms with Gasteiger partial charge in [-0.3, -0.25) is 4.79 Å². The van der Waals surface area contributed by atoms with Gasteiger partial charge in [0.1, 0.15) is 5.65 Å². The minimum atomic E-state index is 0.0330. The predicted molar refractivity (Wildman–Crippen MR) is 91.7 cm³/mol. The molecule has 0 saturated heterocycles. The Bertz CT molecular complexity index is 821. The maximum atomic E-state index is 12.3. The summed E-state index contributed by atoms with van der Waals surface area (Å²) in [6.45, 7) is 0. The van der Waals surface area contributed by atoms with Gasteiger partial charge in [-0.2, -0.15) is 0 Å². The average molecular weight is 323 g/mol. The van der Waals surface area contributed by atoms with E-state index in [0.717, 1.165) is 40.4 Å². The summed E-state index contributed by atoms with van der Waals surface area (Å²) in [4.78, 5) is 17.9. The summed E-state index contributed by atoms with van der Waals surface area (Å²) < 4.78 is 2.02. The second-order valence-corrected chi connectivity index (χ2v) is 6.75. The lowest BCUT2D eigenvalue weighted by Crippen LogP contribution is -2.25. The standard InChI is InChI=1S/C18H17N3OS/c22-18(20-13-8-9-13)15-5-1-2-6-16(15)23-12-14-11-21-10-4-3-7-17(21)19-14/h1-7,10-11,13H,8-9,12H2,(H,20,22). The monoisotopic (exact) mass is 323 g/mol. The molecule has 0 radical (unpaired) electrons. The van der Waals surface area contributed by atoms with Gasteiger partial charge in [0.2, 0.25) is 0 Å². The number of hydrogen-bond donors (Lipinski definition) is 1. The molecule has 0 spiro atoms. The van der Waals surface area contributed by atoms with Crippen molar-refractivity contribution in [2.75, 3.05) is 0 Å². The fourth-order valence-electron chi connectivity index (χ4n) is 2.48. The Morgan fingerprint density at radius 2 is 2.04 bits per heavy atom. The van der Waals surface area contributed by atoms with Crippen LogP contribution in [0.2, 0.25) is 0 Å². The van der Waals surface area contributed by atoms with Crippen LogP contribution in [0.5, 0.6) is 0 Å². The minimum Gasteiger partial charge on any atom is -0.349 e. The summed E-state index contributed by atoms with van der Waals surface area (Å²) in [6, 6.07) is 14.1. The molecule has 0 atom stereocenters. The number of carbonyl (C=O) groups excluding carboxylic acids is 1. The molecular formula is C18H17N3OS. The van der Waals surface area contributed by atoms with E-state index < -0.39 is 0 Å². The lowest BCUT2D eigenvalue weighted by Gasteiger charge is -2.08. The largest absolute Gasteiger partial charge is 0.349 e. The zero-order valence-electron chi connectivity index (χ0n) is 12.6. The van der Waals surface area contributed by atoms with Crippen molar-refractivity contribution in [1.82, 2.24) is 14.7 Å². The fourth-order valence-corrected chi connectivity index (χ4v) is 3.41. The number of aromatic nitrogens is 2. The van der Waals surface area contributed by atoms with E-state index in [1.54, 1.807) is 11.8 Å². The van der Waals surface area contributed by atoms with Crippen molar-refractivity contribution in [2.45, 2.75) is 29.5 Å². The van der Waals surface area contributed by atoms with E-state index in [1.807, 2.05) is 59.3 Å². The highest BCUT2D eigenvalue weighted by molar-refractivity contribution is 7.98. The van der Waals surface area contributed by atoms with Gasteiger partial charge in [0, 0.05) is 29.1 Å². The number of imidazole rings is 1. The van der Waals surface area contributed by atoms with Crippen LogP contribution < -0.4 is 5.32 Å². The molecule has 1 aliphatic rings. The Morgan fingerprint density at radius 3 is 2.87 bits per heavy atom. The summed E-state index contributed by atoms with van der Waals surface area (Å²) in [5.74, 6) is 0.778. The number of nitrogens with one attached hydrogen (secondary N) is 1. The first kappa shape index (κ1) is 14.3. The SMILES string of the molecule is O=C(NC1CC1)c1ccccc1SCc1cn2ccccc2n1. The number of nitrogens with zero attached hydrogens (tertiary/aromatic N) is 2. The van der Waals surface area contributed by atoms with Crippen LogP contribution in [-0.2, 0) is 5.75 Å². The normalized spacial score (nSPS) is 14.1. The van der Waals surface area contributed by atoms with Crippen molar-refractivity contribution < 1.29 is 4.79 Å². The third-order valence-electron chi connectivity index (χ3n) is 3.83. The number of carbonyl (C=O) groups is 1. The number of fused-ring (bicyclic) bond motifs is 1. The molecule has 0 unspecified atom stereocenters. The van der Waals surface area contributed by atoms with Crippen LogP contribution in [0, 0.1) is 0 Å². The highest BCUT2D eigenvalue weighted by atomic mass is 32.2. The van der Waals surface area contributed by atoms with Crippen molar-refractivity contribution in [2.24, 2.45) is 0 Å². The Kier molecular flexibility index (Phi) is 3.79. The molecule has 23 heavy (non-hydrogen) atoms. The lowest BCUT2D eigenvalue weighted by molar-refractivity contribution is 0.0948. The molecule has 4 nitrogen and oxygen atoms in total. The van der Waals surface area contributed by atoms with Gasteiger partial charge in [-0.05, 0) is 37.1 Å². The maximum Gasteiger partial charge on any atom is 0.252 e. The van der Waals surface area contributed by atoms with E-state index in [4.69, 9.17) is 0 Å². The van der Waals surface area contributed by atoms with Crippen LogP contribution in [0.25, 0.3) is 5.65 Å². The number of benzene rings is 1. The van der Waals surface area contributed by atoms with Crippen LogP contribution in [-0.4, -0.2) is 21.3 Å². The quantitative estimate of drug-likeness (QED) is 0.731. The molecule has 1 N–H and O–H groups in total. The van der Waals surface area contributed by atoms with Crippen LogP contribution >= 0.6 is 11.8 Å². The van der Waals surface area contributed by atoms with Crippen molar-refractivity contribution in [3.8, 4) is 0 Å². The first-order valence-electron chi connectivity index (χ1n) is 7.75. The molecule has 1 amide bonds. The molecule has 3 aromatic rings. The molecule has 2 heterocycles. The zero-order valence-corrected chi connectivity index (χ0v) is 13.4. The van der Waals surface area contributed by atoms with Gasteiger partial charge in [0.05, 0.1) is 11.3 Å². The van der Waals surface area contributed by atoms with E-state index in [2.05, 4.69) is 10.3 Å².